The van der Waals surface area contributed by atoms with Gasteiger partial charge in [-0.3, -0.25) is 9.89 Å². The molecule has 0 fully saturated rings. The van der Waals surface area contributed by atoms with E-state index < -0.39 is 5.91 Å². The quantitative estimate of drug-likeness (QED) is 0.630. The minimum atomic E-state index is -0.604. The van der Waals surface area contributed by atoms with E-state index >= 15 is 0 Å². The van der Waals surface area contributed by atoms with Crippen LogP contribution in [-0.2, 0) is 0 Å². The van der Waals surface area contributed by atoms with Gasteiger partial charge < -0.3 is 5.73 Å². The molecule has 1 heterocycles. The molecule has 0 saturated carbocycles. The Balaban J connectivity index is 2.90. The molecule has 11 heavy (non-hydrogen) atoms. The van der Waals surface area contributed by atoms with Crippen LogP contribution in [0.4, 0.5) is 0 Å². The van der Waals surface area contributed by atoms with Crippen molar-refractivity contribution >= 4 is 5.91 Å². The number of carbonyl (C=O) groups is 1. The molecular formula is C6H10N4O. The maximum absolute atomic E-state index is 10.5. The number of aromatic amines is 1. The molecule has 0 aliphatic carbocycles. The lowest BCUT2D eigenvalue weighted by Gasteiger charge is -1.94. The zero-order chi connectivity index (χ0) is 8.43. The van der Waals surface area contributed by atoms with Gasteiger partial charge in [0, 0.05) is 5.92 Å². The second-order valence-corrected chi connectivity index (χ2v) is 2.56. The molecule has 5 nitrogen and oxygen atoms in total. The number of nitrogens with one attached hydrogen (secondary N) is 1. The molecule has 0 aromatic carbocycles. The summed E-state index contributed by atoms with van der Waals surface area (Å²) in [5, 5.41) is 6.25. The predicted octanol–water partition coefficient (Wildman–Crippen LogP) is 0.0270. The molecule has 0 bridgehead atoms. The number of hydrogen-bond donors (Lipinski definition) is 2. The summed E-state index contributed by atoms with van der Waals surface area (Å²) >= 11 is 0. The third-order valence-corrected chi connectivity index (χ3v) is 1.27. The van der Waals surface area contributed by atoms with Gasteiger partial charge in [0.05, 0.1) is 0 Å². The van der Waals surface area contributed by atoms with E-state index in [9.17, 15) is 4.79 Å². The van der Waals surface area contributed by atoms with Crippen molar-refractivity contribution in [1.82, 2.24) is 15.2 Å². The fraction of sp³-hybridized carbons (Fsp3) is 0.500. The highest BCUT2D eigenvalue weighted by atomic mass is 16.1. The summed E-state index contributed by atoms with van der Waals surface area (Å²) in [4.78, 5) is 14.4. The molecule has 60 valence electrons. The Hall–Kier alpha value is -1.39. The highest BCUT2D eigenvalue weighted by molar-refractivity contribution is 5.88. The summed E-state index contributed by atoms with van der Waals surface area (Å²) in [6.07, 6.45) is 0. The first kappa shape index (κ1) is 7.71. The fourth-order valence-electron chi connectivity index (χ4n) is 0.643. The molecule has 0 aliphatic rings. The second-order valence-electron chi connectivity index (χ2n) is 2.56. The van der Waals surface area contributed by atoms with E-state index in [0.29, 0.717) is 5.82 Å². The van der Waals surface area contributed by atoms with Crippen LogP contribution in [0.2, 0.25) is 0 Å². The number of nitrogens with two attached hydrogens (primary N) is 1. The van der Waals surface area contributed by atoms with Crippen molar-refractivity contribution in [2.75, 3.05) is 0 Å². The highest BCUT2D eigenvalue weighted by Crippen LogP contribution is 2.06. The number of nitrogens with zero attached hydrogens (tertiary/aromatic N) is 2. The molecule has 0 saturated heterocycles. The van der Waals surface area contributed by atoms with Gasteiger partial charge in [-0.1, -0.05) is 13.8 Å². The molecule has 0 spiro atoms. The van der Waals surface area contributed by atoms with E-state index in [4.69, 9.17) is 5.73 Å². The van der Waals surface area contributed by atoms with Crippen molar-refractivity contribution in [2.24, 2.45) is 5.73 Å². The van der Waals surface area contributed by atoms with Crippen molar-refractivity contribution in [3.63, 3.8) is 0 Å². The van der Waals surface area contributed by atoms with Gasteiger partial charge in [0.25, 0.3) is 5.91 Å². The van der Waals surface area contributed by atoms with Crippen LogP contribution in [0.1, 0.15) is 36.2 Å². The molecule has 0 unspecified atom stereocenters. The number of rotatable bonds is 2. The summed E-state index contributed by atoms with van der Waals surface area (Å²) in [6.45, 7) is 3.90. The maximum atomic E-state index is 10.5. The van der Waals surface area contributed by atoms with Crippen LogP contribution in [0, 0.1) is 0 Å². The van der Waals surface area contributed by atoms with Gasteiger partial charge in [0.1, 0.15) is 5.82 Å². The van der Waals surface area contributed by atoms with Crippen molar-refractivity contribution in [3.8, 4) is 0 Å². The average Bonchev–Trinajstić information content (AvgIpc) is 2.33. The van der Waals surface area contributed by atoms with Gasteiger partial charge in [0.15, 0.2) is 0 Å². The maximum Gasteiger partial charge on any atom is 0.288 e. The molecule has 3 N–H and O–H groups in total. The van der Waals surface area contributed by atoms with Gasteiger partial charge in [0.2, 0.25) is 5.82 Å². The van der Waals surface area contributed by atoms with Gasteiger partial charge in [-0.05, 0) is 0 Å². The molecule has 1 rings (SSSR count). The summed E-state index contributed by atoms with van der Waals surface area (Å²) in [7, 11) is 0. The van der Waals surface area contributed by atoms with Crippen LogP contribution >= 0.6 is 0 Å². The summed E-state index contributed by atoms with van der Waals surface area (Å²) in [6, 6.07) is 0. The predicted molar refractivity (Wildman–Crippen MR) is 39.0 cm³/mol. The number of aromatic nitrogens is 3. The minimum Gasteiger partial charge on any atom is -0.363 e. The monoisotopic (exact) mass is 154 g/mol. The SMILES string of the molecule is CC(C)c1nc(C(N)=O)n[nH]1. The van der Waals surface area contributed by atoms with Crippen LogP contribution in [0.15, 0.2) is 0 Å². The van der Waals surface area contributed by atoms with Gasteiger partial charge in [-0.2, -0.15) is 0 Å². The average molecular weight is 154 g/mol. The van der Waals surface area contributed by atoms with Crippen LogP contribution in [0.25, 0.3) is 0 Å². The van der Waals surface area contributed by atoms with E-state index in [1.807, 2.05) is 13.8 Å². The van der Waals surface area contributed by atoms with Gasteiger partial charge in [-0.25, -0.2) is 4.98 Å². The Morgan fingerprint density at radius 1 is 1.64 bits per heavy atom. The number of primary amides is 1. The Morgan fingerprint density at radius 3 is 2.55 bits per heavy atom. The molecular weight excluding hydrogens is 144 g/mol. The zero-order valence-electron chi connectivity index (χ0n) is 6.46. The Morgan fingerprint density at radius 2 is 2.27 bits per heavy atom. The van der Waals surface area contributed by atoms with E-state index in [-0.39, 0.29) is 11.7 Å². The second kappa shape index (κ2) is 2.69. The van der Waals surface area contributed by atoms with Crippen molar-refractivity contribution in [2.45, 2.75) is 19.8 Å². The molecule has 5 heteroatoms. The van der Waals surface area contributed by atoms with E-state index in [2.05, 4.69) is 15.2 Å². The standard InChI is InChI=1S/C6H10N4O/c1-3(2)5-8-6(4(7)11)10-9-5/h3H,1-2H3,(H2,7,11)(H,8,9,10). The molecule has 0 aliphatic heterocycles. The lowest BCUT2D eigenvalue weighted by atomic mass is 10.2. The third-order valence-electron chi connectivity index (χ3n) is 1.27. The topological polar surface area (TPSA) is 84.7 Å². The van der Waals surface area contributed by atoms with Crippen LogP contribution in [0.3, 0.4) is 0 Å². The Bertz CT molecular complexity index is 265. The minimum absolute atomic E-state index is 0.0497. The van der Waals surface area contributed by atoms with Gasteiger partial charge >= 0.3 is 0 Å². The van der Waals surface area contributed by atoms with Crippen LogP contribution < -0.4 is 5.73 Å². The largest absolute Gasteiger partial charge is 0.363 e. The lowest BCUT2D eigenvalue weighted by Crippen LogP contribution is -2.12. The summed E-state index contributed by atoms with van der Waals surface area (Å²) in [5.41, 5.74) is 4.94. The Labute approximate surface area is 64.0 Å². The molecule has 0 radical (unpaired) electrons. The third kappa shape index (κ3) is 1.54. The lowest BCUT2D eigenvalue weighted by molar-refractivity contribution is 0.0991. The first-order chi connectivity index (χ1) is 5.11. The highest BCUT2D eigenvalue weighted by Gasteiger charge is 2.09. The van der Waals surface area contributed by atoms with Crippen molar-refractivity contribution in [1.29, 1.82) is 0 Å². The first-order valence-electron chi connectivity index (χ1n) is 3.33. The van der Waals surface area contributed by atoms with Crippen molar-refractivity contribution < 1.29 is 4.79 Å². The Kier molecular flexibility index (Phi) is 1.89. The molecule has 1 aromatic rings. The molecule has 1 aromatic heterocycles. The smallest absolute Gasteiger partial charge is 0.288 e. The summed E-state index contributed by atoms with van der Waals surface area (Å²) in [5.74, 6) is 0.358. The van der Waals surface area contributed by atoms with E-state index in [0.717, 1.165) is 0 Å². The molecule has 1 amide bonds. The first-order valence-corrected chi connectivity index (χ1v) is 3.33. The summed E-state index contributed by atoms with van der Waals surface area (Å²) < 4.78 is 0. The number of carbonyl (C=O) groups excluding carboxylic acids is 1. The van der Waals surface area contributed by atoms with Crippen LogP contribution in [0.5, 0.6) is 0 Å². The van der Waals surface area contributed by atoms with E-state index in [1.54, 1.807) is 0 Å². The fourth-order valence-corrected chi connectivity index (χ4v) is 0.643. The van der Waals surface area contributed by atoms with E-state index in [1.165, 1.54) is 0 Å². The van der Waals surface area contributed by atoms with Crippen molar-refractivity contribution in [3.05, 3.63) is 11.6 Å². The zero-order valence-corrected chi connectivity index (χ0v) is 6.46. The van der Waals surface area contributed by atoms with Crippen LogP contribution in [-0.4, -0.2) is 21.1 Å². The number of H-pyrrole nitrogens is 1. The van der Waals surface area contributed by atoms with Gasteiger partial charge in [-0.15, -0.1) is 5.10 Å². The number of amides is 1. The molecule has 0 atom stereocenters. The number of hydrogen-bond acceptors (Lipinski definition) is 3. The normalized spacial score (nSPS) is 10.5.